The highest BCUT2D eigenvalue weighted by Gasteiger charge is 2.40. The van der Waals surface area contributed by atoms with Gasteiger partial charge in [-0.15, -0.1) is 11.3 Å². The van der Waals surface area contributed by atoms with E-state index >= 15 is 0 Å². The van der Waals surface area contributed by atoms with Crippen LogP contribution in [-0.2, 0) is 10.5 Å². The highest BCUT2D eigenvalue weighted by Crippen LogP contribution is 2.49. The predicted molar refractivity (Wildman–Crippen MR) is 159 cm³/mol. The lowest BCUT2D eigenvalue weighted by molar-refractivity contribution is -0.121. The Balaban J connectivity index is 1.32. The van der Waals surface area contributed by atoms with Gasteiger partial charge in [0.2, 0.25) is 11.8 Å². The average molecular weight is 573 g/mol. The number of anilines is 3. The minimum Gasteiger partial charge on any atom is -0.439 e. The van der Waals surface area contributed by atoms with Crippen LogP contribution < -0.4 is 25.6 Å². The molecule has 3 atom stereocenters. The molecule has 3 amide bonds. The van der Waals surface area contributed by atoms with Gasteiger partial charge in [0.1, 0.15) is 10.6 Å². The van der Waals surface area contributed by atoms with Gasteiger partial charge >= 0.3 is 6.03 Å². The zero-order valence-corrected chi connectivity index (χ0v) is 23.9. The number of thiophene rings is 1. The zero-order valence-electron chi connectivity index (χ0n) is 23.1. The highest BCUT2D eigenvalue weighted by atomic mass is 32.1. The highest BCUT2D eigenvalue weighted by molar-refractivity contribution is 7.19. The molecular formula is C30H32N6O4S. The molecule has 4 heterocycles. The number of nitrogens with one attached hydrogen (secondary N) is 3. The fourth-order valence-corrected chi connectivity index (χ4v) is 6.77. The molecule has 2 aliphatic rings. The first kappa shape index (κ1) is 27.1. The van der Waals surface area contributed by atoms with E-state index in [1.54, 1.807) is 30.2 Å². The molecule has 0 spiro atoms. The molecule has 1 aliphatic heterocycles. The number of carbonyl (C=O) groups is 2. The summed E-state index contributed by atoms with van der Waals surface area (Å²) in [5, 5.41) is 21.9. The van der Waals surface area contributed by atoms with Crippen LogP contribution in [0.25, 0.3) is 10.2 Å². The van der Waals surface area contributed by atoms with Gasteiger partial charge in [-0.05, 0) is 57.4 Å². The van der Waals surface area contributed by atoms with Crippen LogP contribution in [0.3, 0.4) is 0 Å². The third-order valence-electron chi connectivity index (χ3n) is 7.58. The van der Waals surface area contributed by atoms with E-state index in [0.29, 0.717) is 50.5 Å². The minimum atomic E-state index is -1.47. The van der Waals surface area contributed by atoms with Crippen molar-refractivity contribution in [2.24, 2.45) is 0 Å². The SMILES string of the molecule is CCC(=O)N[C@H]1CCC[C@H]1NC(C)(O)c1sc2nccc3c2c1NC(=O)N3c1ccc(Oc2ccccc2)nc1C. The molecule has 212 valence electrons. The van der Waals surface area contributed by atoms with Crippen LogP contribution in [0.4, 0.5) is 21.9 Å². The standard InChI is InChI=1S/C30H32N6O4S/c1-4-23(37)33-19-11-8-12-20(19)35-30(3,39)27-26-25-22(15-16-31-28(25)41-27)36(29(38)34-26)21-13-14-24(32-17(21)2)40-18-9-6-5-7-10-18/h5-7,9-10,13-16,19-20,35,39H,4,8,11-12H2,1-3H3,(H,33,37)(H,34,38)/t19-,20+,30?/m0/s1. The van der Waals surface area contributed by atoms with Crippen LogP contribution >= 0.6 is 11.3 Å². The van der Waals surface area contributed by atoms with Gasteiger partial charge in [0, 0.05) is 30.8 Å². The van der Waals surface area contributed by atoms with Crippen LogP contribution in [-0.4, -0.2) is 39.1 Å². The van der Waals surface area contributed by atoms with Gasteiger partial charge < -0.3 is 20.5 Å². The van der Waals surface area contributed by atoms with Crippen LogP contribution in [0, 0.1) is 6.92 Å². The van der Waals surface area contributed by atoms with Gasteiger partial charge in [0.15, 0.2) is 5.72 Å². The molecule has 1 fully saturated rings. The zero-order chi connectivity index (χ0) is 28.7. The Kier molecular flexibility index (Phi) is 7.10. The number of hydrogen-bond acceptors (Lipinski definition) is 8. The second kappa shape index (κ2) is 10.7. The molecular weight excluding hydrogens is 540 g/mol. The van der Waals surface area contributed by atoms with Gasteiger partial charge in [0.25, 0.3) is 0 Å². The Morgan fingerprint density at radius 3 is 2.71 bits per heavy atom. The fraction of sp³-hybridized carbons (Fsp3) is 0.333. The Hall–Kier alpha value is -4.06. The minimum absolute atomic E-state index is 0.00839. The van der Waals surface area contributed by atoms with Crippen molar-refractivity contribution < 1.29 is 19.4 Å². The first-order valence-corrected chi connectivity index (χ1v) is 14.6. The van der Waals surface area contributed by atoms with Crippen molar-refractivity contribution in [3.8, 4) is 11.6 Å². The van der Waals surface area contributed by atoms with E-state index in [1.807, 2.05) is 50.2 Å². The van der Waals surface area contributed by atoms with Crippen molar-refractivity contribution in [3.63, 3.8) is 0 Å². The molecule has 11 heteroatoms. The van der Waals surface area contributed by atoms with Crippen molar-refractivity contribution in [1.29, 1.82) is 0 Å². The second-order valence-corrected chi connectivity index (χ2v) is 11.5. The summed E-state index contributed by atoms with van der Waals surface area (Å²) in [5.74, 6) is 1.09. The van der Waals surface area contributed by atoms with Crippen LogP contribution in [0.15, 0.2) is 54.7 Å². The van der Waals surface area contributed by atoms with Gasteiger partial charge in [0.05, 0.1) is 33.0 Å². The molecule has 1 aliphatic carbocycles. The van der Waals surface area contributed by atoms with Crippen molar-refractivity contribution in [3.05, 3.63) is 65.3 Å². The topological polar surface area (TPSA) is 129 Å². The monoisotopic (exact) mass is 572 g/mol. The van der Waals surface area contributed by atoms with Crippen molar-refractivity contribution in [1.82, 2.24) is 20.6 Å². The summed E-state index contributed by atoms with van der Waals surface area (Å²) >= 11 is 1.33. The Morgan fingerprint density at radius 2 is 1.95 bits per heavy atom. The predicted octanol–water partition coefficient (Wildman–Crippen LogP) is 5.68. The number of para-hydroxylation sites is 1. The smallest absolute Gasteiger partial charge is 0.331 e. The largest absolute Gasteiger partial charge is 0.439 e. The van der Waals surface area contributed by atoms with E-state index in [0.717, 1.165) is 24.6 Å². The van der Waals surface area contributed by atoms with Gasteiger partial charge in [-0.3, -0.25) is 15.0 Å². The second-order valence-electron chi connectivity index (χ2n) is 10.5. The molecule has 0 radical (unpaired) electrons. The lowest BCUT2D eigenvalue weighted by atomic mass is 10.0. The Labute approximate surface area is 241 Å². The number of nitrogens with zero attached hydrogens (tertiary/aromatic N) is 3. The molecule has 6 rings (SSSR count). The van der Waals surface area contributed by atoms with Gasteiger partial charge in [-0.1, -0.05) is 25.1 Å². The number of aliphatic hydroxyl groups is 1. The average Bonchev–Trinajstić information content (AvgIpc) is 3.55. The number of urea groups is 1. The number of carbonyl (C=O) groups excluding carboxylic acids is 2. The summed E-state index contributed by atoms with van der Waals surface area (Å²) in [7, 11) is 0. The molecule has 4 aromatic rings. The summed E-state index contributed by atoms with van der Waals surface area (Å²) in [6, 6.07) is 14.2. The van der Waals surface area contributed by atoms with Gasteiger partial charge in [-0.25, -0.2) is 14.8 Å². The van der Waals surface area contributed by atoms with E-state index in [4.69, 9.17) is 4.74 Å². The number of amides is 3. The first-order chi connectivity index (χ1) is 19.7. The third kappa shape index (κ3) is 5.12. The summed E-state index contributed by atoms with van der Waals surface area (Å²) < 4.78 is 5.88. The van der Waals surface area contributed by atoms with E-state index in [9.17, 15) is 14.7 Å². The van der Waals surface area contributed by atoms with E-state index in [2.05, 4.69) is 25.9 Å². The van der Waals surface area contributed by atoms with Crippen LogP contribution in [0.1, 0.15) is 50.1 Å². The van der Waals surface area contributed by atoms with E-state index in [-0.39, 0.29) is 24.0 Å². The fourth-order valence-electron chi connectivity index (χ4n) is 5.64. The van der Waals surface area contributed by atoms with E-state index in [1.165, 1.54) is 11.3 Å². The van der Waals surface area contributed by atoms with Crippen molar-refractivity contribution in [2.45, 2.75) is 64.3 Å². The number of aromatic nitrogens is 2. The number of aryl methyl sites for hydroxylation is 1. The Bertz CT molecular complexity index is 1620. The maximum absolute atomic E-state index is 13.6. The molecule has 3 aromatic heterocycles. The van der Waals surface area contributed by atoms with Crippen LogP contribution in [0.2, 0.25) is 0 Å². The number of benzene rings is 1. The number of ether oxygens (including phenoxy) is 1. The van der Waals surface area contributed by atoms with E-state index < -0.39 is 5.72 Å². The lowest BCUT2D eigenvalue weighted by Crippen LogP contribution is -2.53. The van der Waals surface area contributed by atoms with Gasteiger partial charge in [-0.2, -0.15) is 0 Å². The summed E-state index contributed by atoms with van der Waals surface area (Å²) in [5.41, 5.74) is 0.953. The molecule has 0 bridgehead atoms. The van der Waals surface area contributed by atoms with Crippen molar-refractivity contribution >= 4 is 50.6 Å². The maximum Gasteiger partial charge on any atom is 0.331 e. The molecule has 0 saturated heterocycles. The third-order valence-corrected chi connectivity index (χ3v) is 8.89. The number of rotatable bonds is 8. The lowest BCUT2D eigenvalue weighted by Gasteiger charge is -2.33. The quantitative estimate of drug-likeness (QED) is 0.200. The molecule has 4 N–H and O–H groups in total. The molecule has 10 nitrogen and oxygen atoms in total. The molecule has 1 saturated carbocycles. The summed E-state index contributed by atoms with van der Waals surface area (Å²) in [6.07, 6.45) is 4.69. The number of hydrogen-bond donors (Lipinski definition) is 4. The normalized spacial score (nSPS) is 19.6. The molecule has 41 heavy (non-hydrogen) atoms. The number of pyridine rings is 2. The Morgan fingerprint density at radius 1 is 1.17 bits per heavy atom. The summed E-state index contributed by atoms with van der Waals surface area (Å²) in [4.78, 5) is 37.7. The van der Waals surface area contributed by atoms with Crippen molar-refractivity contribution in [2.75, 3.05) is 10.2 Å². The maximum atomic E-state index is 13.6. The summed E-state index contributed by atoms with van der Waals surface area (Å²) in [6.45, 7) is 5.34. The molecule has 1 unspecified atom stereocenters. The first-order valence-electron chi connectivity index (χ1n) is 13.8. The van der Waals surface area contributed by atoms with Crippen LogP contribution in [0.5, 0.6) is 11.6 Å². The molecule has 1 aromatic carbocycles.